The van der Waals surface area contributed by atoms with Gasteiger partial charge in [0.25, 0.3) is 0 Å². The van der Waals surface area contributed by atoms with Crippen LogP contribution in [0.5, 0.6) is 0 Å². The fourth-order valence-corrected chi connectivity index (χ4v) is 4.69. The molecule has 1 aliphatic heterocycles. The number of hydrogen-bond donors (Lipinski definition) is 0. The minimum atomic E-state index is -0.196. The van der Waals surface area contributed by atoms with Crippen LogP contribution < -0.4 is 4.90 Å². The highest BCUT2D eigenvalue weighted by Crippen LogP contribution is 2.35. The molecule has 2 aromatic rings. The van der Waals surface area contributed by atoms with Gasteiger partial charge in [-0.1, -0.05) is 38.1 Å². The Morgan fingerprint density at radius 3 is 2.31 bits per heavy atom. The molecule has 32 heavy (non-hydrogen) atoms. The summed E-state index contributed by atoms with van der Waals surface area (Å²) in [7, 11) is 4.09. The Hall–Kier alpha value is -2.40. The molecule has 0 bridgehead atoms. The molecule has 1 fully saturated rings. The Balaban J connectivity index is 1.81. The summed E-state index contributed by atoms with van der Waals surface area (Å²) in [6.07, 6.45) is 0. The van der Waals surface area contributed by atoms with E-state index in [1.807, 2.05) is 38.9 Å². The Bertz CT molecular complexity index is 894. The Morgan fingerprint density at radius 2 is 1.75 bits per heavy atom. The lowest BCUT2D eigenvalue weighted by Crippen LogP contribution is -2.43. The molecule has 5 heteroatoms. The van der Waals surface area contributed by atoms with Crippen molar-refractivity contribution in [3.05, 3.63) is 65.5 Å². The largest absolute Gasteiger partial charge is 0.378 e. The fraction of sp³-hybridized carbons (Fsp3) is 0.519. The number of benzene rings is 2. The SMILES string of the molecule is CC(C)C(=O)N(C[C@H]1CN(Cc2ccc(N(C)C)cc2)C[C@@H]1c1cccc(F)c1)C(C)C. The zero-order valence-corrected chi connectivity index (χ0v) is 20.4. The van der Waals surface area contributed by atoms with E-state index in [2.05, 4.69) is 47.9 Å². The molecule has 0 N–H and O–H groups in total. The van der Waals surface area contributed by atoms with Crippen LogP contribution in [0.1, 0.15) is 44.7 Å². The zero-order valence-electron chi connectivity index (χ0n) is 20.4. The van der Waals surface area contributed by atoms with Gasteiger partial charge in [0.15, 0.2) is 0 Å². The van der Waals surface area contributed by atoms with E-state index in [0.29, 0.717) is 6.54 Å². The highest BCUT2D eigenvalue weighted by atomic mass is 19.1. The molecule has 1 amide bonds. The van der Waals surface area contributed by atoms with E-state index in [9.17, 15) is 9.18 Å². The van der Waals surface area contributed by atoms with Crippen LogP contribution >= 0.6 is 0 Å². The van der Waals surface area contributed by atoms with Crippen molar-refractivity contribution in [3.63, 3.8) is 0 Å². The van der Waals surface area contributed by atoms with E-state index < -0.39 is 0 Å². The van der Waals surface area contributed by atoms with Crippen LogP contribution in [0.25, 0.3) is 0 Å². The molecule has 0 aliphatic carbocycles. The van der Waals surface area contributed by atoms with E-state index >= 15 is 0 Å². The molecule has 3 rings (SSSR count). The van der Waals surface area contributed by atoms with Crippen LogP contribution in [-0.2, 0) is 11.3 Å². The van der Waals surface area contributed by atoms with Gasteiger partial charge in [0, 0.05) is 63.8 Å². The molecule has 4 nitrogen and oxygen atoms in total. The van der Waals surface area contributed by atoms with E-state index in [0.717, 1.165) is 25.2 Å². The van der Waals surface area contributed by atoms with E-state index in [-0.39, 0.29) is 35.5 Å². The number of hydrogen-bond acceptors (Lipinski definition) is 3. The number of nitrogens with zero attached hydrogens (tertiary/aromatic N) is 3. The van der Waals surface area contributed by atoms with Crippen molar-refractivity contribution in [1.82, 2.24) is 9.80 Å². The molecular formula is C27H38FN3O. The van der Waals surface area contributed by atoms with Crippen LogP contribution in [0.4, 0.5) is 10.1 Å². The average molecular weight is 440 g/mol. The Morgan fingerprint density at radius 1 is 1.06 bits per heavy atom. The molecule has 1 aliphatic rings. The van der Waals surface area contributed by atoms with Gasteiger partial charge in [-0.2, -0.15) is 0 Å². The Kier molecular flexibility index (Phi) is 7.94. The second-order valence-electron chi connectivity index (χ2n) is 9.92. The van der Waals surface area contributed by atoms with Crippen molar-refractivity contribution in [2.24, 2.45) is 11.8 Å². The number of rotatable bonds is 8. The predicted molar refractivity (Wildman–Crippen MR) is 130 cm³/mol. The number of halogens is 1. The van der Waals surface area contributed by atoms with E-state index in [1.54, 1.807) is 12.1 Å². The maximum Gasteiger partial charge on any atom is 0.225 e. The number of carbonyl (C=O) groups excluding carboxylic acids is 1. The lowest BCUT2D eigenvalue weighted by atomic mass is 9.88. The predicted octanol–water partition coefficient (Wildman–Crippen LogP) is 5.00. The lowest BCUT2D eigenvalue weighted by molar-refractivity contribution is -0.136. The second-order valence-corrected chi connectivity index (χ2v) is 9.92. The molecule has 0 radical (unpaired) electrons. The topological polar surface area (TPSA) is 26.8 Å². The number of anilines is 1. The first-order chi connectivity index (χ1) is 15.2. The summed E-state index contributed by atoms with van der Waals surface area (Å²) in [4.78, 5) is 19.4. The minimum absolute atomic E-state index is 0.0299. The average Bonchev–Trinajstić information content (AvgIpc) is 3.14. The summed E-state index contributed by atoms with van der Waals surface area (Å²) in [5.41, 5.74) is 3.49. The van der Waals surface area contributed by atoms with Crippen LogP contribution in [0.15, 0.2) is 48.5 Å². The molecule has 174 valence electrons. The van der Waals surface area contributed by atoms with Gasteiger partial charge in [0.2, 0.25) is 5.91 Å². The summed E-state index contributed by atoms with van der Waals surface area (Å²) < 4.78 is 14.0. The molecule has 0 spiro atoms. The third-order valence-electron chi connectivity index (χ3n) is 6.48. The van der Waals surface area contributed by atoms with Gasteiger partial charge in [0.05, 0.1) is 0 Å². The third-order valence-corrected chi connectivity index (χ3v) is 6.48. The fourth-order valence-electron chi connectivity index (χ4n) is 4.69. The van der Waals surface area contributed by atoms with Crippen LogP contribution in [0, 0.1) is 17.7 Å². The summed E-state index contributed by atoms with van der Waals surface area (Å²) in [6, 6.07) is 15.8. The summed E-state index contributed by atoms with van der Waals surface area (Å²) in [5.74, 6) is 0.433. The smallest absolute Gasteiger partial charge is 0.225 e. The standard InChI is InChI=1S/C27H38FN3O/c1-19(2)27(32)31(20(3)4)17-23-16-30(15-21-10-12-25(13-11-21)29(5)6)18-26(23)22-8-7-9-24(28)14-22/h7-14,19-20,23,26H,15-18H2,1-6H3/t23-,26-/m1/s1. The van der Waals surface area contributed by atoms with Crippen molar-refractivity contribution in [2.45, 2.75) is 46.2 Å². The first-order valence-corrected chi connectivity index (χ1v) is 11.7. The Labute approximate surface area is 193 Å². The molecular weight excluding hydrogens is 401 g/mol. The maximum absolute atomic E-state index is 14.0. The third kappa shape index (κ3) is 5.89. The number of likely N-dealkylation sites (tertiary alicyclic amines) is 1. The molecule has 0 unspecified atom stereocenters. The van der Waals surface area contributed by atoms with Gasteiger partial charge < -0.3 is 9.80 Å². The van der Waals surface area contributed by atoms with Crippen molar-refractivity contribution in [2.75, 3.05) is 38.6 Å². The number of amides is 1. The molecule has 2 aromatic carbocycles. The van der Waals surface area contributed by atoms with Gasteiger partial charge in [0.1, 0.15) is 5.82 Å². The van der Waals surface area contributed by atoms with Gasteiger partial charge >= 0.3 is 0 Å². The van der Waals surface area contributed by atoms with Crippen molar-refractivity contribution in [3.8, 4) is 0 Å². The van der Waals surface area contributed by atoms with Gasteiger partial charge in [-0.05, 0) is 55.2 Å². The monoisotopic (exact) mass is 439 g/mol. The van der Waals surface area contributed by atoms with Crippen molar-refractivity contribution < 1.29 is 9.18 Å². The highest BCUT2D eigenvalue weighted by Gasteiger charge is 2.36. The number of carbonyl (C=O) groups is 1. The summed E-state index contributed by atoms with van der Waals surface area (Å²) in [5, 5.41) is 0. The molecule has 1 saturated heterocycles. The molecule has 2 atom stereocenters. The first kappa shape index (κ1) is 24.2. The summed E-state index contributed by atoms with van der Waals surface area (Å²) >= 11 is 0. The minimum Gasteiger partial charge on any atom is -0.378 e. The summed E-state index contributed by atoms with van der Waals surface area (Å²) in [6.45, 7) is 11.4. The van der Waals surface area contributed by atoms with Crippen LogP contribution in [0.2, 0.25) is 0 Å². The molecule has 0 aromatic heterocycles. The second kappa shape index (κ2) is 10.5. The lowest BCUT2D eigenvalue weighted by Gasteiger charge is -2.33. The van der Waals surface area contributed by atoms with Gasteiger partial charge in [-0.3, -0.25) is 9.69 Å². The zero-order chi connectivity index (χ0) is 23.4. The van der Waals surface area contributed by atoms with E-state index in [1.165, 1.54) is 17.3 Å². The maximum atomic E-state index is 14.0. The van der Waals surface area contributed by atoms with Gasteiger partial charge in [-0.25, -0.2) is 4.39 Å². The van der Waals surface area contributed by atoms with Crippen molar-refractivity contribution >= 4 is 11.6 Å². The van der Waals surface area contributed by atoms with E-state index in [4.69, 9.17) is 0 Å². The van der Waals surface area contributed by atoms with Crippen LogP contribution in [-0.4, -0.2) is 55.5 Å². The highest BCUT2D eigenvalue weighted by molar-refractivity contribution is 5.78. The van der Waals surface area contributed by atoms with Gasteiger partial charge in [-0.15, -0.1) is 0 Å². The molecule has 0 saturated carbocycles. The molecule has 1 heterocycles. The normalized spacial score (nSPS) is 19.0. The quantitative estimate of drug-likeness (QED) is 0.579. The first-order valence-electron chi connectivity index (χ1n) is 11.7. The van der Waals surface area contributed by atoms with Crippen LogP contribution in [0.3, 0.4) is 0 Å². The van der Waals surface area contributed by atoms with Crippen molar-refractivity contribution in [1.29, 1.82) is 0 Å².